The molecular weight excluding hydrogens is 256 g/mol. The SMILES string of the molecule is CCc1nc(-c2c(C)nn(C)c2OC)nc(NN)c1C. The molecule has 7 nitrogen and oxygen atoms in total. The Balaban J connectivity index is 2.70. The van der Waals surface area contributed by atoms with E-state index < -0.39 is 0 Å². The van der Waals surface area contributed by atoms with Crippen LogP contribution in [0.1, 0.15) is 23.9 Å². The molecule has 3 N–H and O–H groups in total. The van der Waals surface area contributed by atoms with E-state index in [1.807, 2.05) is 27.8 Å². The predicted octanol–water partition coefficient (Wildman–Crippen LogP) is 1.35. The quantitative estimate of drug-likeness (QED) is 0.647. The average Bonchev–Trinajstić information content (AvgIpc) is 2.73. The van der Waals surface area contributed by atoms with Gasteiger partial charge in [-0.3, -0.25) is 0 Å². The lowest BCUT2D eigenvalue weighted by Gasteiger charge is -2.11. The molecule has 7 heteroatoms. The molecule has 0 aromatic carbocycles. The first kappa shape index (κ1) is 14.3. The Bertz CT molecular complexity index is 609. The highest BCUT2D eigenvalue weighted by molar-refractivity contribution is 5.67. The van der Waals surface area contributed by atoms with Crippen molar-refractivity contribution in [3.8, 4) is 17.3 Å². The number of ether oxygens (including phenoxy) is 1. The molecule has 0 aliphatic rings. The molecule has 0 saturated heterocycles. The lowest BCUT2D eigenvalue weighted by Crippen LogP contribution is -2.13. The molecule has 2 aromatic rings. The molecule has 2 aromatic heterocycles. The summed E-state index contributed by atoms with van der Waals surface area (Å²) in [6.07, 6.45) is 0.803. The van der Waals surface area contributed by atoms with Gasteiger partial charge in [-0.15, -0.1) is 0 Å². The van der Waals surface area contributed by atoms with Crippen molar-refractivity contribution in [2.24, 2.45) is 12.9 Å². The van der Waals surface area contributed by atoms with E-state index in [9.17, 15) is 0 Å². The van der Waals surface area contributed by atoms with Gasteiger partial charge in [-0.2, -0.15) is 5.10 Å². The van der Waals surface area contributed by atoms with Crippen LogP contribution in [0.2, 0.25) is 0 Å². The van der Waals surface area contributed by atoms with Crippen molar-refractivity contribution in [1.29, 1.82) is 0 Å². The smallest absolute Gasteiger partial charge is 0.222 e. The zero-order valence-corrected chi connectivity index (χ0v) is 12.5. The van der Waals surface area contributed by atoms with Crippen molar-refractivity contribution in [2.45, 2.75) is 27.2 Å². The zero-order valence-electron chi connectivity index (χ0n) is 12.5. The topological polar surface area (TPSA) is 90.9 Å². The van der Waals surface area contributed by atoms with Gasteiger partial charge in [0.2, 0.25) is 5.88 Å². The first-order chi connectivity index (χ1) is 9.53. The molecular formula is C13H20N6O. The number of aryl methyl sites for hydroxylation is 3. The molecule has 2 heterocycles. The molecule has 0 bridgehead atoms. The maximum absolute atomic E-state index is 5.54. The molecule has 0 saturated carbocycles. The Morgan fingerprint density at radius 2 is 2.00 bits per heavy atom. The fourth-order valence-corrected chi connectivity index (χ4v) is 2.29. The van der Waals surface area contributed by atoms with Crippen molar-refractivity contribution in [2.75, 3.05) is 12.5 Å². The standard InChI is InChI=1S/C13H20N6O/c1-6-9-7(2)11(17-14)16-12(15-9)10-8(3)18-19(4)13(10)20-5/h6,14H2,1-5H3,(H,15,16,17). The zero-order chi connectivity index (χ0) is 14.9. The van der Waals surface area contributed by atoms with Gasteiger partial charge < -0.3 is 10.2 Å². The number of hydrogen-bond donors (Lipinski definition) is 2. The molecule has 0 radical (unpaired) electrons. The molecule has 0 aliphatic heterocycles. The summed E-state index contributed by atoms with van der Waals surface area (Å²) in [5.41, 5.74) is 6.15. The van der Waals surface area contributed by atoms with Crippen LogP contribution in [0.15, 0.2) is 0 Å². The number of anilines is 1. The molecule has 20 heavy (non-hydrogen) atoms. The Labute approximate surface area is 118 Å². The fourth-order valence-electron chi connectivity index (χ4n) is 2.29. The second-order valence-electron chi connectivity index (χ2n) is 4.56. The van der Waals surface area contributed by atoms with E-state index in [2.05, 4.69) is 20.5 Å². The number of nitrogens with zero attached hydrogens (tertiary/aromatic N) is 4. The monoisotopic (exact) mass is 276 g/mol. The average molecular weight is 276 g/mol. The van der Waals surface area contributed by atoms with Crippen LogP contribution >= 0.6 is 0 Å². The van der Waals surface area contributed by atoms with Crippen LogP contribution in [-0.2, 0) is 13.5 Å². The summed E-state index contributed by atoms with van der Waals surface area (Å²) >= 11 is 0. The number of hydrazine groups is 1. The van der Waals surface area contributed by atoms with Gasteiger partial charge in [0.05, 0.1) is 12.8 Å². The summed E-state index contributed by atoms with van der Waals surface area (Å²) in [5, 5.41) is 4.35. The van der Waals surface area contributed by atoms with Crippen molar-refractivity contribution in [3.05, 3.63) is 17.0 Å². The number of nitrogen functional groups attached to an aromatic ring is 1. The maximum Gasteiger partial charge on any atom is 0.222 e. The second-order valence-corrected chi connectivity index (χ2v) is 4.56. The minimum absolute atomic E-state index is 0.572. The third-order valence-electron chi connectivity index (χ3n) is 3.30. The van der Waals surface area contributed by atoms with E-state index >= 15 is 0 Å². The van der Waals surface area contributed by atoms with Crippen LogP contribution in [-0.4, -0.2) is 26.9 Å². The van der Waals surface area contributed by atoms with Crippen LogP contribution in [0.3, 0.4) is 0 Å². The largest absolute Gasteiger partial charge is 0.481 e. The fraction of sp³-hybridized carbons (Fsp3) is 0.462. The van der Waals surface area contributed by atoms with Gasteiger partial charge in [0.15, 0.2) is 5.82 Å². The number of hydrogen-bond acceptors (Lipinski definition) is 6. The highest BCUT2D eigenvalue weighted by atomic mass is 16.5. The van der Waals surface area contributed by atoms with Crippen LogP contribution in [0.25, 0.3) is 11.4 Å². The van der Waals surface area contributed by atoms with Crippen LogP contribution in [0.4, 0.5) is 5.82 Å². The molecule has 0 spiro atoms. The Hall–Kier alpha value is -2.15. The van der Waals surface area contributed by atoms with E-state index in [0.717, 1.165) is 28.9 Å². The molecule has 2 rings (SSSR count). The predicted molar refractivity (Wildman–Crippen MR) is 77.4 cm³/mol. The van der Waals surface area contributed by atoms with E-state index in [1.54, 1.807) is 11.8 Å². The summed E-state index contributed by atoms with van der Waals surface area (Å²) in [4.78, 5) is 9.08. The Morgan fingerprint density at radius 1 is 1.30 bits per heavy atom. The number of aromatic nitrogens is 4. The van der Waals surface area contributed by atoms with Gasteiger partial charge in [-0.25, -0.2) is 20.5 Å². The minimum Gasteiger partial charge on any atom is -0.481 e. The molecule has 0 aliphatic carbocycles. The van der Waals surface area contributed by atoms with Crippen LogP contribution in [0.5, 0.6) is 5.88 Å². The van der Waals surface area contributed by atoms with Crippen molar-refractivity contribution in [3.63, 3.8) is 0 Å². The van der Waals surface area contributed by atoms with Gasteiger partial charge in [-0.1, -0.05) is 6.92 Å². The Kier molecular flexibility index (Phi) is 3.89. The van der Waals surface area contributed by atoms with Crippen molar-refractivity contribution < 1.29 is 4.74 Å². The molecule has 0 atom stereocenters. The van der Waals surface area contributed by atoms with Crippen LogP contribution < -0.4 is 16.0 Å². The number of methoxy groups -OCH3 is 1. The number of nitrogens with one attached hydrogen (secondary N) is 1. The molecule has 108 valence electrons. The lowest BCUT2D eigenvalue weighted by atomic mass is 10.1. The number of nitrogens with two attached hydrogens (primary N) is 1. The van der Waals surface area contributed by atoms with Gasteiger partial charge in [0.25, 0.3) is 0 Å². The van der Waals surface area contributed by atoms with E-state index in [0.29, 0.717) is 17.5 Å². The first-order valence-corrected chi connectivity index (χ1v) is 6.45. The third-order valence-corrected chi connectivity index (χ3v) is 3.30. The van der Waals surface area contributed by atoms with Gasteiger partial charge in [-0.05, 0) is 20.3 Å². The molecule has 0 fully saturated rings. The Morgan fingerprint density at radius 3 is 2.55 bits per heavy atom. The summed E-state index contributed by atoms with van der Waals surface area (Å²) in [5.74, 6) is 7.37. The van der Waals surface area contributed by atoms with Crippen molar-refractivity contribution >= 4 is 5.82 Å². The first-order valence-electron chi connectivity index (χ1n) is 6.45. The second kappa shape index (κ2) is 5.46. The van der Waals surface area contributed by atoms with Gasteiger partial charge in [0, 0.05) is 18.3 Å². The van der Waals surface area contributed by atoms with E-state index in [-0.39, 0.29) is 0 Å². The summed E-state index contributed by atoms with van der Waals surface area (Å²) in [6.45, 7) is 5.90. The number of rotatable bonds is 4. The highest BCUT2D eigenvalue weighted by Gasteiger charge is 2.20. The highest BCUT2D eigenvalue weighted by Crippen LogP contribution is 2.31. The maximum atomic E-state index is 5.54. The van der Waals surface area contributed by atoms with Gasteiger partial charge in [0.1, 0.15) is 11.4 Å². The summed E-state index contributed by atoms with van der Waals surface area (Å²) in [7, 11) is 3.43. The normalized spacial score (nSPS) is 10.7. The van der Waals surface area contributed by atoms with Gasteiger partial charge >= 0.3 is 0 Å². The molecule has 0 unspecified atom stereocenters. The molecule has 0 amide bonds. The lowest BCUT2D eigenvalue weighted by molar-refractivity contribution is 0.374. The summed E-state index contributed by atoms with van der Waals surface area (Å²) < 4.78 is 7.07. The minimum atomic E-state index is 0.572. The summed E-state index contributed by atoms with van der Waals surface area (Å²) in [6, 6.07) is 0. The van der Waals surface area contributed by atoms with Crippen molar-refractivity contribution in [1.82, 2.24) is 19.7 Å². The van der Waals surface area contributed by atoms with Crippen LogP contribution in [0, 0.1) is 13.8 Å². The van der Waals surface area contributed by atoms with E-state index in [1.165, 1.54) is 0 Å². The van der Waals surface area contributed by atoms with E-state index in [4.69, 9.17) is 10.6 Å². The third kappa shape index (κ3) is 2.20.